The normalized spacial score (nSPS) is 15.6. The van der Waals surface area contributed by atoms with Gasteiger partial charge in [0.2, 0.25) is 0 Å². The van der Waals surface area contributed by atoms with Crippen LogP contribution >= 0.6 is 0 Å². The number of carboxylic acids is 1. The number of barbiturate groups is 1. The average Bonchev–Trinajstić information content (AvgIpc) is 2.82. The SMILES string of the molecule is COc1ccc(N2C(=O)NC(=O)/C(=C\c3cccc(OC)c3O[C@@H](C)C(=O)O)C2=O)c(OC)c1. The predicted octanol–water partition coefficient (Wildman–Crippen LogP) is 2.23. The number of anilines is 1. The number of carbonyl (C=O) groups is 4. The number of imide groups is 2. The molecule has 11 heteroatoms. The van der Waals surface area contributed by atoms with Crippen LogP contribution in [0.4, 0.5) is 10.5 Å². The van der Waals surface area contributed by atoms with Gasteiger partial charge in [0.1, 0.15) is 17.1 Å². The van der Waals surface area contributed by atoms with Gasteiger partial charge >= 0.3 is 12.0 Å². The first-order chi connectivity index (χ1) is 16.2. The molecule has 3 rings (SSSR count). The summed E-state index contributed by atoms with van der Waals surface area (Å²) in [5, 5.41) is 11.3. The summed E-state index contributed by atoms with van der Waals surface area (Å²) in [5.74, 6) is -2.27. The molecule has 1 fully saturated rings. The van der Waals surface area contributed by atoms with E-state index in [-0.39, 0.29) is 28.5 Å². The van der Waals surface area contributed by atoms with Crippen LogP contribution in [0.3, 0.4) is 0 Å². The lowest BCUT2D eigenvalue weighted by molar-refractivity contribution is -0.144. The minimum atomic E-state index is -1.24. The van der Waals surface area contributed by atoms with Gasteiger partial charge in [-0.15, -0.1) is 0 Å². The largest absolute Gasteiger partial charge is 0.497 e. The smallest absolute Gasteiger partial charge is 0.344 e. The molecular weight excluding hydrogens is 448 g/mol. The first kappa shape index (κ1) is 24.1. The fraction of sp³-hybridized carbons (Fsp3) is 0.217. The van der Waals surface area contributed by atoms with Gasteiger partial charge in [-0.05, 0) is 31.2 Å². The lowest BCUT2D eigenvalue weighted by atomic mass is 10.1. The second-order valence-electron chi connectivity index (χ2n) is 6.97. The van der Waals surface area contributed by atoms with Crippen molar-refractivity contribution in [2.75, 3.05) is 26.2 Å². The van der Waals surface area contributed by atoms with E-state index in [9.17, 15) is 24.3 Å². The number of carboxylic acid groups (broad SMARTS) is 1. The summed E-state index contributed by atoms with van der Waals surface area (Å²) >= 11 is 0. The number of carbonyl (C=O) groups excluding carboxylic acids is 3. The Bertz CT molecular complexity index is 1190. The molecule has 2 N–H and O–H groups in total. The van der Waals surface area contributed by atoms with Gasteiger partial charge in [0, 0.05) is 11.6 Å². The number of amides is 4. The standard InChI is InChI=1S/C23H22N2O9/c1-12(22(28)29)34-19-13(6-5-7-17(19)32-3)10-15-20(26)24-23(30)25(21(15)27)16-9-8-14(31-2)11-18(16)33-4/h5-12H,1-4H3,(H,28,29)(H,24,26,30)/b15-10+/t12-/m0/s1. The third kappa shape index (κ3) is 4.63. The van der Waals surface area contributed by atoms with E-state index in [1.54, 1.807) is 6.07 Å². The Morgan fingerprint density at radius 2 is 1.74 bits per heavy atom. The third-order valence-electron chi connectivity index (χ3n) is 4.90. The van der Waals surface area contributed by atoms with Crippen LogP contribution in [0.25, 0.3) is 6.08 Å². The maximum atomic E-state index is 13.3. The maximum Gasteiger partial charge on any atom is 0.344 e. The Balaban J connectivity index is 2.10. The topological polar surface area (TPSA) is 141 Å². The van der Waals surface area contributed by atoms with Crippen molar-refractivity contribution in [3.8, 4) is 23.0 Å². The highest BCUT2D eigenvalue weighted by Gasteiger charge is 2.38. The number of ether oxygens (including phenoxy) is 4. The molecule has 1 aliphatic rings. The summed E-state index contributed by atoms with van der Waals surface area (Å²) in [4.78, 5) is 50.5. The first-order valence-corrected chi connectivity index (χ1v) is 9.91. The molecule has 178 valence electrons. The van der Waals surface area contributed by atoms with Crippen LogP contribution in [-0.2, 0) is 14.4 Å². The van der Waals surface area contributed by atoms with E-state index < -0.39 is 35.5 Å². The lowest BCUT2D eigenvalue weighted by Gasteiger charge is -2.27. The molecular formula is C23H22N2O9. The Morgan fingerprint density at radius 3 is 2.35 bits per heavy atom. The van der Waals surface area contributed by atoms with Gasteiger partial charge in [0.15, 0.2) is 17.6 Å². The van der Waals surface area contributed by atoms with Gasteiger partial charge in [-0.1, -0.05) is 12.1 Å². The molecule has 34 heavy (non-hydrogen) atoms. The van der Waals surface area contributed by atoms with Crippen molar-refractivity contribution in [2.45, 2.75) is 13.0 Å². The van der Waals surface area contributed by atoms with E-state index in [4.69, 9.17) is 18.9 Å². The third-order valence-corrected chi connectivity index (χ3v) is 4.90. The zero-order valence-electron chi connectivity index (χ0n) is 18.8. The van der Waals surface area contributed by atoms with Crippen LogP contribution in [0, 0.1) is 0 Å². The summed E-state index contributed by atoms with van der Waals surface area (Å²) in [6.07, 6.45) is -0.0505. The molecule has 0 spiro atoms. The molecule has 0 aromatic heterocycles. The van der Waals surface area contributed by atoms with E-state index in [2.05, 4.69) is 5.32 Å². The van der Waals surface area contributed by atoms with Gasteiger partial charge < -0.3 is 24.1 Å². The van der Waals surface area contributed by atoms with Crippen molar-refractivity contribution >= 4 is 35.6 Å². The van der Waals surface area contributed by atoms with Crippen LogP contribution in [0.15, 0.2) is 42.0 Å². The minimum Gasteiger partial charge on any atom is -0.497 e. The van der Waals surface area contributed by atoms with Gasteiger partial charge in [0.05, 0.1) is 27.0 Å². The molecule has 0 bridgehead atoms. The molecule has 0 radical (unpaired) electrons. The number of rotatable bonds is 8. The summed E-state index contributed by atoms with van der Waals surface area (Å²) < 4.78 is 21.2. The molecule has 4 amide bonds. The van der Waals surface area contributed by atoms with Crippen molar-refractivity contribution in [3.63, 3.8) is 0 Å². The highest BCUT2D eigenvalue weighted by atomic mass is 16.5. The molecule has 0 aliphatic carbocycles. The minimum absolute atomic E-state index is 0.0125. The van der Waals surface area contributed by atoms with Crippen LogP contribution in [0.1, 0.15) is 12.5 Å². The highest BCUT2D eigenvalue weighted by Crippen LogP contribution is 2.36. The van der Waals surface area contributed by atoms with Crippen LogP contribution < -0.4 is 29.2 Å². The Labute approximate surface area is 194 Å². The molecule has 0 saturated carbocycles. The number of nitrogens with zero attached hydrogens (tertiary/aromatic N) is 1. The second kappa shape index (κ2) is 9.94. The van der Waals surface area contributed by atoms with Crippen molar-refractivity contribution in [1.29, 1.82) is 0 Å². The zero-order chi connectivity index (χ0) is 25.0. The van der Waals surface area contributed by atoms with Gasteiger partial charge in [-0.2, -0.15) is 0 Å². The fourth-order valence-electron chi connectivity index (χ4n) is 3.16. The van der Waals surface area contributed by atoms with E-state index in [0.717, 1.165) is 4.90 Å². The van der Waals surface area contributed by atoms with E-state index in [0.29, 0.717) is 5.75 Å². The number of urea groups is 1. The maximum absolute atomic E-state index is 13.3. The molecule has 2 aromatic carbocycles. The first-order valence-electron chi connectivity index (χ1n) is 9.91. The Kier molecular flexibility index (Phi) is 7.05. The summed E-state index contributed by atoms with van der Waals surface area (Å²) in [6.45, 7) is 1.32. The molecule has 1 atom stereocenters. The van der Waals surface area contributed by atoms with Crippen LogP contribution in [0.2, 0.25) is 0 Å². The van der Waals surface area contributed by atoms with Crippen molar-refractivity contribution < 1.29 is 43.2 Å². The van der Waals surface area contributed by atoms with Gasteiger partial charge in [0.25, 0.3) is 11.8 Å². The molecule has 1 heterocycles. The molecule has 1 saturated heterocycles. The lowest BCUT2D eigenvalue weighted by Crippen LogP contribution is -2.54. The van der Waals surface area contributed by atoms with E-state index in [1.807, 2.05) is 0 Å². The van der Waals surface area contributed by atoms with Crippen molar-refractivity contribution in [2.24, 2.45) is 0 Å². The quantitative estimate of drug-likeness (QED) is 0.439. The van der Waals surface area contributed by atoms with E-state index in [1.165, 1.54) is 64.7 Å². The number of aliphatic carboxylic acids is 1. The number of methoxy groups -OCH3 is 3. The summed E-state index contributed by atoms with van der Waals surface area (Å²) in [7, 11) is 4.17. The van der Waals surface area contributed by atoms with Crippen molar-refractivity contribution in [1.82, 2.24) is 5.32 Å². The molecule has 0 unspecified atom stereocenters. The number of nitrogens with one attached hydrogen (secondary N) is 1. The number of hydrogen-bond donors (Lipinski definition) is 2. The number of para-hydroxylation sites is 1. The summed E-state index contributed by atoms with van der Waals surface area (Å²) in [5.41, 5.74) is -0.105. The van der Waals surface area contributed by atoms with Gasteiger partial charge in [-0.25, -0.2) is 14.5 Å². The van der Waals surface area contributed by atoms with Crippen LogP contribution in [-0.4, -0.2) is 56.4 Å². The number of hydrogen-bond acceptors (Lipinski definition) is 8. The molecule has 1 aliphatic heterocycles. The van der Waals surface area contributed by atoms with Crippen molar-refractivity contribution in [3.05, 3.63) is 47.5 Å². The monoisotopic (exact) mass is 470 g/mol. The van der Waals surface area contributed by atoms with Gasteiger partial charge in [-0.3, -0.25) is 14.9 Å². The van der Waals surface area contributed by atoms with E-state index >= 15 is 0 Å². The fourth-order valence-corrected chi connectivity index (χ4v) is 3.16. The highest BCUT2D eigenvalue weighted by molar-refractivity contribution is 6.39. The predicted molar refractivity (Wildman–Crippen MR) is 119 cm³/mol. The molecule has 11 nitrogen and oxygen atoms in total. The number of benzene rings is 2. The van der Waals surface area contributed by atoms with Crippen LogP contribution in [0.5, 0.6) is 23.0 Å². The summed E-state index contributed by atoms with van der Waals surface area (Å²) in [6, 6.07) is 8.11. The second-order valence-corrected chi connectivity index (χ2v) is 6.97. The average molecular weight is 470 g/mol. The Hall–Kier alpha value is -4.54. The molecule has 2 aromatic rings. The zero-order valence-corrected chi connectivity index (χ0v) is 18.8. The Morgan fingerprint density at radius 1 is 1.03 bits per heavy atom.